The molecule has 7 nitrogen and oxygen atoms in total. The first-order valence-electron chi connectivity index (χ1n) is 6.33. The van der Waals surface area contributed by atoms with Crippen LogP contribution >= 0.6 is 0 Å². The molecule has 21 heavy (non-hydrogen) atoms. The monoisotopic (exact) mass is 290 g/mol. The van der Waals surface area contributed by atoms with Gasteiger partial charge in [-0.05, 0) is 18.6 Å². The van der Waals surface area contributed by atoms with Crippen molar-refractivity contribution in [3.05, 3.63) is 62.9 Å². The van der Waals surface area contributed by atoms with Crippen molar-refractivity contribution in [2.45, 2.75) is 13.0 Å². The van der Waals surface area contributed by atoms with E-state index in [1.54, 1.807) is 0 Å². The molecule has 0 atom stereocenters. The van der Waals surface area contributed by atoms with E-state index in [2.05, 4.69) is 0 Å². The maximum absolute atomic E-state index is 11.6. The van der Waals surface area contributed by atoms with E-state index in [1.165, 1.54) is 0 Å². The molecule has 0 radical (unpaired) electrons. The van der Waals surface area contributed by atoms with E-state index in [-0.39, 0.29) is 6.54 Å². The van der Waals surface area contributed by atoms with E-state index >= 15 is 0 Å². The van der Waals surface area contributed by atoms with Gasteiger partial charge in [-0.25, -0.2) is 9.59 Å². The lowest BCUT2D eigenvalue weighted by atomic mass is 10.3. The van der Waals surface area contributed by atoms with Gasteiger partial charge >= 0.3 is 11.7 Å². The van der Waals surface area contributed by atoms with Crippen LogP contribution in [-0.4, -0.2) is 27.2 Å². The number of para-hydroxylation sites is 1. The van der Waals surface area contributed by atoms with Gasteiger partial charge < -0.3 is 9.84 Å². The predicted molar refractivity (Wildman–Crippen MR) is 74.8 cm³/mol. The molecule has 1 aromatic heterocycles. The molecule has 7 heteroatoms. The van der Waals surface area contributed by atoms with Crippen LogP contribution in [0.15, 0.2) is 46.1 Å². The van der Waals surface area contributed by atoms with Crippen LogP contribution < -0.4 is 16.0 Å². The summed E-state index contributed by atoms with van der Waals surface area (Å²) in [4.78, 5) is 35.6. The van der Waals surface area contributed by atoms with E-state index < -0.39 is 22.8 Å². The Hall–Kier alpha value is -2.83. The van der Waals surface area contributed by atoms with Crippen molar-refractivity contribution in [3.63, 3.8) is 0 Å². The van der Waals surface area contributed by atoms with E-state index in [0.29, 0.717) is 13.0 Å². The third kappa shape index (κ3) is 3.82. The van der Waals surface area contributed by atoms with Gasteiger partial charge in [0.2, 0.25) is 0 Å². The van der Waals surface area contributed by atoms with Crippen LogP contribution in [0, 0.1) is 0 Å². The van der Waals surface area contributed by atoms with Gasteiger partial charge in [0.15, 0.2) is 0 Å². The summed E-state index contributed by atoms with van der Waals surface area (Å²) >= 11 is 0. The predicted octanol–water partition coefficient (Wildman–Crippen LogP) is 0.704. The van der Waals surface area contributed by atoms with Gasteiger partial charge in [0.25, 0.3) is 5.56 Å². The van der Waals surface area contributed by atoms with Crippen molar-refractivity contribution >= 4 is 5.97 Å². The van der Waals surface area contributed by atoms with Crippen molar-refractivity contribution in [1.29, 1.82) is 0 Å². The van der Waals surface area contributed by atoms with Crippen LogP contribution in [0.25, 0.3) is 0 Å². The minimum absolute atomic E-state index is 0.253. The molecule has 2 aromatic rings. The molecule has 0 saturated carbocycles. The fraction of sp³-hybridized carbons (Fsp3) is 0.214. The molecular formula is C14H14N2O5. The number of aryl methyl sites for hydroxylation is 1. The Morgan fingerprint density at radius 1 is 1.24 bits per heavy atom. The van der Waals surface area contributed by atoms with E-state index in [9.17, 15) is 14.4 Å². The fourth-order valence-electron chi connectivity index (χ4n) is 1.77. The van der Waals surface area contributed by atoms with Crippen LogP contribution in [0.3, 0.4) is 0 Å². The average Bonchev–Trinajstić information content (AvgIpc) is 2.46. The molecule has 0 bridgehead atoms. The Bertz CT molecular complexity index is 733. The summed E-state index contributed by atoms with van der Waals surface area (Å²) in [6, 6.07) is 9.20. The number of carboxylic acids is 1. The number of carbonyl (C=O) groups is 1. The summed E-state index contributed by atoms with van der Waals surface area (Å²) in [5.41, 5.74) is -1.99. The lowest BCUT2D eigenvalue weighted by molar-refractivity contribution is 0.0693. The zero-order chi connectivity index (χ0) is 15.2. The minimum atomic E-state index is -1.37. The van der Waals surface area contributed by atoms with E-state index in [0.717, 1.165) is 16.5 Å². The number of carboxylic acid groups (broad SMARTS) is 1. The molecule has 0 amide bonds. The van der Waals surface area contributed by atoms with Crippen molar-refractivity contribution in [2.24, 2.45) is 0 Å². The number of H-pyrrole nitrogens is 1. The molecule has 0 aliphatic rings. The second-order valence-corrected chi connectivity index (χ2v) is 4.32. The quantitative estimate of drug-likeness (QED) is 0.763. The molecule has 0 spiro atoms. The highest BCUT2D eigenvalue weighted by atomic mass is 16.5. The van der Waals surface area contributed by atoms with Crippen molar-refractivity contribution in [2.75, 3.05) is 6.61 Å². The number of rotatable bonds is 6. The van der Waals surface area contributed by atoms with Gasteiger partial charge in [0.1, 0.15) is 11.3 Å². The van der Waals surface area contributed by atoms with Gasteiger partial charge in [-0.1, -0.05) is 18.2 Å². The number of aromatic carboxylic acids is 1. The van der Waals surface area contributed by atoms with Gasteiger partial charge in [0.05, 0.1) is 6.61 Å². The highest BCUT2D eigenvalue weighted by Crippen LogP contribution is 2.08. The number of hydrogen-bond donors (Lipinski definition) is 2. The van der Waals surface area contributed by atoms with E-state index in [1.807, 2.05) is 35.3 Å². The standard InChI is InChI=1S/C14H14N2O5/c17-12-11(13(18)19)9-16(14(20)15-12)7-4-8-21-10-5-2-1-3-6-10/h1-3,5-6,9H,4,7-8H2,(H,18,19)(H,15,17,20). The van der Waals surface area contributed by atoms with Gasteiger partial charge in [0, 0.05) is 12.7 Å². The fourth-order valence-corrected chi connectivity index (χ4v) is 1.77. The summed E-state index contributed by atoms with van der Waals surface area (Å²) in [7, 11) is 0. The van der Waals surface area contributed by atoms with Crippen molar-refractivity contribution in [1.82, 2.24) is 9.55 Å². The lowest BCUT2D eigenvalue weighted by Crippen LogP contribution is -2.33. The summed E-state index contributed by atoms with van der Waals surface area (Å²) in [5, 5.41) is 8.84. The summed E-state index contributed by atoms with van der Waals surface area (Å²) < 4.78 is 6.62. The van der Waals surface area contributed by atoms with Crippen LogP contribution in [0.1, 0.15) is 16.8 Å². The summed E-state index contributed by atoms with van der Waals surface area (Å²) in [6.07, 6.45) is 1.55. The van der Waals surface area contributed by atoms with Crippen LogP contribution in [0.4, 0.5) is 0 Å². The van der Waals surface area contributed by atoms with Crippen LogP contribution in [0.2, 0.25) is 0 Å². The number of nitrogens with zero attached hydrogens (tertiary/aromatic N) is 1. The van der Waals surface area contributed by atoms with Crippen molar-refractivity contribution in [3.8, 4) is 5.75 Å². The first-order chi connectivity index (χ1) is 10.1. The number of aromatic amines is 1. The van der Waals surface area contributed by atoms with Crippen LogP contribution in [-0.2, 0) is 6.54 Å². The second kappa shape index (κ2) is 6.56. The Morgan fingerprint density at radius 3 is 2.62 bits per heavy atom. The minimum Gasteiger partial charge on any atom is -0.494 e. The molecule has 0 aliphatic heterocycles. The number of nitrogens with one attached hydrogen (secondary N) is 1. The first-order valence-corrected chi connectivity index (χ1v) is 6.33. The topological polar surface area (TPSA) is 101 Å². The Labute approximate surface area is 119 Å². The third-order valence-corrected chi connectivity index (χ3v) is 2.80. The summed E-state index contributed by atoms with van der Waals surface area (Å²) in [6.45, 7) is 0.626. The Kier molecular flexibility index (Phi) is 4.55. The molecular weight excluding hydrogens is 276 g/mol. The maximum atomic E-state index is 11.6. The largest absolute Gasteiger partial charge is 0.494 e. The molecule has 1 heterocycles. The molecule has 0 aliphatic carbocycles. The van der Waals surface area contributed by atoms with E-state index in [4.69, 9.17) is 9.84 Å². The lowest BCUT2D eigenvalue weighted by Gasteiger charge is -2.08. The van der Waals surface area contributed by atoms with Gasteiger partial charge in [-0.15, -0.1) is 0 Å². The van der Waals surface area contributed by atoms with Gasteiger partial charge in [-0.2, -0.15) is 0 Å². The molecule has 0 saturated heterocycles. The smallest absolute Gasteiger partial charge is 0.342 e. The molecule has 2 rings (SSSR count). The number of benzene rings is 1. The summed E-state index contributed by atoms with van der Waals surface area (Å²) in [5.74, 6) is -0.650. The Morgan fingerprint density at radius 2 is 1.95 bits per heavy atom. The highest BCUT2D eigenvalue weighted by Gasteiger charge is 2.11. The zero-order valence-electron chi connectivity index (χ0n) is 11.1. The molecule has 0 fully saturated rings. The molecule has 110 valence electrons. The van der Waals surface area contributed by atoms with Crippen molar-refractivity contribution < 1.29 is 14.6 Å². The van der Waals surface area contributed by atoms with Crippen LogP contribution in [0.5, 0.6) is 5.75 Å². The Balaban J connectivity index is 1.97. The second-order valence-electron chi connectivity index (χ2n) is 4.32. The number of ether oxygens (including phenoxy) is 1. The SMILES string of the molecule is O=C(O)c1cn(CCCOc2ccccc2)c(=O)[nH]c1=O. The molecule has 2 N–H and O–H groups in total. The third-order valence-electron chi connectivity index (χ3n) is 2.80. The maximum Gasteiger partial charge on any atom is 0.342 e. The first kappa shape index (κ1) is 14.6. The highest BCUT2D eigenvalue weighted by molar-refractivity contribution is 5.86. The number of aromatic nitrogens is 2. The van der Waals surface area contributed by atoms with Gasteiger partial charge in [-0.3, -0.25) is 14.3 Å². The zero-order valence-corrected chi connectivity index (χ0v) is 11.1. The normalized spacial score (nSPS) is 10.3. The molecule has 1 aromatic carbocycles. The number of hydrogen-bond acceptors (Lipinski definition) is 4. The average molecular weight is 290 g/mol. The molecule has 0 unspecified atom stereocenters.